The molecule has 2 aliphatic rings. The SMILES string of the molecule is C1=C(c2ccccc2)C2CC2(n2c3ccccc3c3cc4ccccc4c(-c4ccc5c(c4)c4ccccc4n5-c4ccc(-c5ccccc5)cc4)c32)N=C1c1ccccc1. The lowest BCUT2D eigenvalue weighted by atomic mass is 9.93. The van der Waals surface area contributed by atoms with E-state index in [-0.39, 0.29) is 5.92 Å². The van der Waals surface area contributed by atoms with E-state index in [1.165, 1.54) is 87.8 Å². The maximum Gasteiger partial charge on any atom is 0.144 e. The largest absolute Gasteiger partial charge is 0.314 e. The molecule has 11 aromatic rings. The van der Waals surface area contributed by atoms with E-state index in [9.17, 15) is 0 Å². The van der Waals surface area contributed by atoms with Crippen molar-refractivity contribution >= 4 is 65.7 Å². The summed E-state index contributed by atoms with van der Waals surface area (Å²) in [7, 11) is 0. The Hall–Kier alpha value is -7.75. The van der Waals surface area contributed by atoms with Crippen LogP contribution in [0.4, 0.5) is 0 Å². The van der Waals surface area contributed by atoms with Gasteiger partial charge < -0.3 is 9.13 Å². The molecule has 1 saturated carbocycles. The minimum absolute atomic E-state index is 0.231. The summed E-state index contributed by atoms with van der Waals surface area (Å²) in [5, 5.41) is 7.48. The first-order valence-electron chi connectivity index (χ1n) is 21.3. The quantitative estimate of drug-likeness (QED) is 0.160. The molecule has 0 bridgehead atoms. The van der Waals surface area contributed by atoms with E-state index >= 15 is 0 Å². The van der Waals surface area contributed by atoms with E-state index in [1.807, 2.05) is 0 Å². The third-order valence-corrected chi connectivity index (χ3v) is 13.3. The summed E-state index contributed by atoms with van der Waals surface area (Å²) in [5.74, 6) is 0.231. The molecule has 0 radical (unpaired) electrons. The van der Waals surface area contributed by atoms with Gasteiger partial charge in [-0.2, -0.15) is 0 Å². The molecule has 2 aromatic heterocycles. The van der Waals surface area contributed by atoms with Gasteiger partial charge in [-0.3, -0.25) is 4.99 Å². The maximum atomic E-state index is 5.84. The molecule has 1 aliphatic carbocycles. The predicted molar refractivity (Wildman–Crippen MR) is 256 cm³/mol. The van der Waals surface area contributed by atoms with E-state index < -0.39 is 5.66 Å². The third-order valence-electron chi connectivity index (χ3n) is 13.3. The van der Waals surface area contributed by atoms with E-state index in [0.717, 1.165) is 23.4 Å². The van der Waals surface area contributed by atoms with Crippen molar-refractivity contribution in [1.82, 2.24) is 9.13 Å². The van der Waals surface area contributed by atoms with Crippen LogP contribution < -0.4 is 0 Å². The Morgan fingerprint density at radius 2 is 0.984 bits per heavy atom. The zero-order valence-electron chi connectivity index (χ0n) is 33.4. The van der Waals surface area contributed by atoms with E-state index in [4.69, 9.17) is 4.99 Å². The first kappa shape index (κ1) is 34.1. The summed E-state index contributed by atoms with van der Waals surface area (Å²) in [6.45, 7) is 0. The topological polar surface area (TPSA) is 22.2 Å². The Labute approximate surface area is 353 Å². The lowest BCUT2D eigenvalue weighted by molar-refractivity contribution is 0.514. The summed E-state index contributed by atoms with van der Waals surface area (Å²) in [6, 6.07) is 77.6. The van der Waals surface area contributed by atoms with Crippen LogP contribution in [0.3, 0.4) is 0 Å². The third kappa shape index (κ3) is 5.14. The number of nitrogens with zero attached hydrogens (tertiary/aromatic N) is 3. The number of allylic oxidation sites excluding steroid dienone is 1. The van der Waals surface area contributed by atoms with Gasteiger partial charge in [-0.15, -0.1) is 0 Å². The molecule has 2 atom stereocenters. The highest BCUT2D eigenvalue weighted by Crippen LogP contribution is 2.63. The standard InChI is InChI=1S/C58H39N3/c1-4-16-38(17-5-1)39-28-31-44(32-29-39)60-53-26-14-12-24-46(53)49-35-43(30-33-54(49)60)56-45-23-11-10-22-42(45)34-50-47-25-13-15-27-55(47)61(57(50)56)58-37-51(58)48(40-18-6-2-7-19-40)36-52(59-58)41-20-8-3-9-21-41/h1-36,51H,37H2. The van der Waals surface area contributed by atoms with Crippen LogP contribution in [0.5, 0.6) is 0 Å². The number of para-hydroxylation sites is 2. The summed E-state index contributed by atoms with van der Waals surface area (Å²) < 4.78 is 5.07. The lowest BCUT2D eigenvalue weighted by Gasteiger charge is -2.26. The molecule has 2 unspecified atom stereocenters. The number of aromatic nitrogens is 2. The van der Waals surface area contributed by atoms with Crippen molar-refractivity contribution in [3.05, 3.63) is 230 Å². The number of benzene rings is 9. The Morgan fingerprint density at radius 3 is 1.72 bits per heavy atom. The van der Waals surface area contributed by atoms with Gasteiger partial charge in [-0.05, 0) is 92.7 Å². The second-order valence-corrected chi connectivity index (χ2v) is 16.7. The summed E-state index contributed by atoms with van der Waals surface area (Å²) in [5.41, 5.74) is 15.2. The number of hydrogen-bond donors (Lipinski definition) is 0. The van der Waals surface area contributed by atoms with Crippen LogP contribution in [0.25, 0.3) is 87.9 Å². The van der Waals surface area contributed by atoms with Gasteiger partial charge in [0.15, 0.2) is 0 Å². The lowest BCUT2D eigenvalue weighted by Crippen LogP contribution is -2.23. The zero-order chi connectivity index (χ0) is 40.1. The van der Waals surface area contributed by atoms with Crippen molar-refractivity contribution in [3.63, 3.8) is 0 Å². The normalized spacial score (nSPS) is 17.2. The zero-order valence-corrected chi connectivity index (χ0v) is 33.4. The van der Waals surface area contributed by atoms with Gasteiger partial charge in [-0.25, -0.2) is 0 Å². The van der Waals surface area contributed by atoms with E-state index in [1.54, 1.807) is 0 Å². The highest BCUT2D eigenvalue weighted by molar-refractivity contribution is 6.22. The Balaban J connectivity index is 1.08. The van der Waals surface area contributed by atoms with Crippen LogP contribution in [0.15, 0.2) is 223 Å². The summed E-state index contributed by atoms with van der Waals surface area (Å²) in [4.78, 5) is 5.84. The van der Waals surface area contributed by atoms with E-state index in [2.05, 4.69) is 228 Å². The van der Waals surface area contributed by atoms with Crippen LogP contribution in [-0.4, -0.2) is 14.8 Å². The number of dihydropyridines is 1. The minimum atomic E-state index is -0.490. The molecular weight excluding hydrogens is 739 g/mol. The minimum Gasteiger partial charge on any atom is -0.314 e. The van der Waals surface area contributed by atoms with Crippen molar-refractivity contribution < 1.29 is 0 Å². The summed E-state index contributed by atoms with van der Waals surface area (Å²) in [6.07, 6.45) is 3.28. The fourth-order valence-corrected chi connectivity index (χ4v) is 10.5. The second kappa shape index (κ2) is 13.1. The molecule has 0 amide bonds. The van der Waals surface area contributed by atoms with Crippen molar-refractivity contribution in [2.75, 3.05) is 0 Å². The number of aliphatic imine (C=N–C) groups is 1. The highest BCUT2D eigenvalue weighted by atomic mass is 15.3. The molecule has 13 rings (SSSR count). The second-order valence-electron chi connectivity index (χ2n) is 16.7. The van der Waals surface area contributed by atoms with Gasteiger partial charge in [-0.1, -0.05) is 170 Å². The molecule has 3 heteroatoms. The molecule has 0 N–H and O–H groups in total. The molecule has 286 valence electrons. The average Bonchev–Trinajstić information content (AvgIpc) is 3.86. The number of rotatable bonds is 6. The van der Waals surface area contributed by atoms with Gasteiger partial charge in [0.25, 0.3) is 0 Å². The van der Waals surface area contributed by atoms with Crippen molar-refractivity contribution in [2.24, 2.45) is 10.9 Å². The predicted octanol–water partition coefficient (Wildman–Crippen LogP) is 14.6. The first-order valence-corrected chi connectivity index (χ1v) is 21.3. The molecule has 1 fully saturated rings. The fourth-order valence-electron chi connectivity index (χ4n) is 10.5. The molecule has 3 heterocycles. The van der Waals surface area contributed by atoms with Crippen molar-refractivity contribution in [2.45, 2.75) is 12.1 Å². The van der Waals surface area contributed by atoms with E-state index in [0.29, 0.717) is 0 Å². The molecular formula is C58H39N3. The monoisotopic (exact) mass is 777 g/mol. The van der Waals surface area contributed by atoms with Gasteiger partial charge >= 0.3 is 0 Å². The van der Waals surface area contributed by atoms with Crippen LogP contribution in [0.1, 0.15) is 17.5 Å². The van der Waals surface area contributed by atoms with Crippen molar-refractivity contribution in [3.8, 4) is 27.9 Å². The van der Waals surface area contributed by atoms with Crippen LogP contribution in [-0.2, 0) is 5.66 Å². The Bertz CT molecular complexity index is 3590. The average molecular weight is 778 g/mol. The van der Waals surface area contributed by atoms with Crippen LogP contribution in [0.2, 0.25) is 0 Å². The number of hydrogen-bond acceptors (Lipinski definition) is 1. The smallest absolute Gasteiger partial charge is 0.144 e. The molecule has 0 saturated heterocycles. The summed E-state index contributed by atoms with van der Waals surface area (Å²) >= 11 is 0. The Kier molecular flexibility index (Phi) is 7.35. The van der Waals surface area contributed by atoms with Gasteiger partial charge in [0.05, 0.1) is 27.8 Å². The molecule has 3 nitrogen and oxygen atoms in total. The molecule has 0 spiro atoms. The maximum absolute atomic E-state index is 5.84. The van der Waals surface area contributed by atoms with Crippen molar-refractivity contribution in [1.29, 1.82) is 0 Å². The number of fused-ring (bicyclic) bond motifs is 8. The Morgan fingerprint density at radius 1 is 0.426 bits per heavy atom. The van der Waals surface area contributed by atoms with Gasteiger partial charge in [0.1, 0.15) is 5.66 Å². The molecule has 61 heavy (non-hydrogen) atoms. The van der Waals surface area contributed by atoms with Crippen LogP contribution in [0, 0.1) is 5.92 Å². The van der Waals surface area contributed by atoms with Crippen LogP contribution >= 0.6 is 0 Å². The molecule has 1 aliphatic heterocycles. The van der Waals surface area contributed by atoms with Gasteiger partial charge in [0, 0.05) is 45.1 Å². The highest BCUT2D eigenvalue weighted by Gasteiger charge is 2.61. The molecule has 9 aromatic carbocycles. The first-order chi connectivity index (χ1) is 30.2. The van der Waals surface area contributed by atoms with Gasteiger partial charge in [0.2, 0.25) is 0 Å². The fraction of sp³-hybridized carbons (Fsp3) is 0.0517.